The molecule has 0 heterocycles. The van der Waals surface area contributed by atoms with Crippen molar-refractivity contribution in [3.8, 4) is 0 Å². The zero-order valence-electron chi connectivity index (χ0n) is 13.3. The Labute approximate surface area is 119 Å². The van der Waals surface area contributed by atoms with Crippen molar-refractivity contribution in [1.29, 1.82) is 0 Å². The number of aliphatic carboxylic acids is 1. The van der Waals surface area contributed by atoms with Crippen molar-refractivity contribution in [3.63, 3.8) is 0 Å². The van der Waals surface area contributed by atoms with Crippen LogP contribution < -0.4 is 0 Å². The lowest BCUT2D eigenvalue weighted by Crippen LogP contribution is -2.08. The number of unbranched alkanes of at least 4 members (excludes halogenated alkanes) is 4. The molecule has 0 aliphatic rings. The molecule has 2 unspecified atom stereocenters. The number of carbonyl (C=O) groups is 1. The Kier molecular flexibility index (Phi) is 16.9. The highest BCUT2D eigenvalue weighted by Gasteiger charge is 2.08. The molecule has 0 aromatic rings. The number of rotatable bonds is 10. The Morgan fingerprint density at radius 2 is 1.42 bits per heavy atom. The fourth-order valence-electron chi connectivity index (χ4n) is 1.66. The maximum atomic E-state index is 10.3. The summed E-state index contributed by atoms with van der Waals surface area (Å²) in [5.74, 6) is -0.320. The van der Waals surface area contributed by atoms with Gasteiger partial charge in [-0.3, -0.25) is 4.79 Å². The van der Waals surface area contributed by atoms with E-state index in [2.05, 4.69) is 20.8 Å². The monoisotopic (exact) mass is 274 g/mol. The molecule has 0 aromatic heterocycles. The second-order valence-electron chi connectivity index (χ2n) is 5.52. The van der Waals surface area contributed by atoms with Gasteiger partial charge >= 0.3 is 5.97 Å². The predicted molar refractivity (Wildman–Crippen MR) is 81.3 cm³/mol. The fraction of sp³-hybridized carbons (Fsp3) is 0.938. The van der Waals surface area contributed by atoms with Crippen LogP contribution >= 0.6 is 0 Å². The summed E-state index contributed by atoms with van der Waals surface area (Å²) in [6.07, 6.45) is 9.22. The highest BCUT2D eigenvalue weighted by atomic mass is 16.4. The molecule has 2 N–H and O–H groups in total. The molecule has 0 saturated carbocycles. The van der Waals surface area contributed by atoms with Gasteiger partial charge in [0.15, 0.2) is 0 Å². The average molecular weight is 274 g/mol. The second-order valence-corrected chi connectivity index (χ2v) is 5.52. The zero-order valence-corrected chi connectivity index (χ0v) is 13.3. The second kappa shape index (κ2) is 15.5. The molecule has 3 heteroatoms. The van der Waals surface area contributed by atoms with Crippen LogP contribution in [0.4, 0.5) is 0 Å². The first-order valence-corrected chi connectivity index (χ1v) is 7.83. The van der Waals surface area contributed by atoms with Crippen LogP contribution in [0.2, 0.25) is 0 Å². The van der Waals surface area contributed by atoms with Crippen molar-refractivity contribution < 1.29 is 15.0 Å². The molecular formula is C16H34O3. The number of aliphatic hydroxyl groups is 1. The lowest BCUT2D eigenvalue weighted by Gasteiger charge is -2.04. The van der Waals surface area contributed by atoms with Crippen LogP contribution in [0, 0.1) is 11.8 Å². The molecule has 0 amide bonds. The Hall–Kier alpha value is -0.570. The molecular weight excluding hydrogens is 240 g/mol. The lowest BCUT2D eigenvalue weighted by atomic mass is 10.0. The third-order valence-electron chi connectivity index (χ3n) is 3.27. The molecule has 0 aromatic carbocycles. The van der Waals surface area contributed by atoms with E-state index >= 15 is 0 Å². The molecule has 19 heavy (non-hydrogen) atoms. The van der Waals surface area contributed by atoms with Gasteiger partial charge in [-0.2, -0.15) is 0 Å². The summed E-state index contributed by atoms with van der Waals surface area (Å²) >= 11 is 0. The highest BCUT2D eigenvalue weighted by molar-refractivity contribution is 5.69. The largest absolute Gasteiger partial charge is 0.481 e. The Balaban J connectivity index is 0. The molecule has 0 rings (SSSR count). The van der Waals surface area contributed by atoms with Gasteiger partial charge in [0.2, 0.25) is 0 Å². The predicted octanol–water partition coefficient (Wildman–Crippen LogP) is 4.48. The van der Waals surface area contributed by atoms with E-state index in [4.69, 9.17) is 10.2 Å². The minimum Gasteiger partial charge on any atom is -0.481 e. The minimum atomic E-state index is -0.670. The lowest BCUT2D eigenvalue weighted by molar-refractivity contribution is -0.141. The summed E-state index contributed by atoms with van der Waals surface area (Å²) in [4.78, 5) is 10.3. The molecule has 2 atom stereocenters. The smallest absolute Gasteiger partial charge is 0.306 e. The highest BCUT2D eigenvalue weighted by Crippen LogP contribution is 2.08. The Bertz CT molecular complexity index is 192. The maximum Gasteiger partial charge on any atom is 0.306 e. The van der Waals surface area contributed by atoms with Crippen molar-refractivity contribution in [2.24, 2.45) is 11.8 Å². The van der Waals surface area contributed by atoms with Crippen LogP contribution in [-0.4, -0.2) is 22.8 Å². The SMILES string of the molecule is CCCCCC(C)C(=O)O.CCCCCC(C)CO. The first-order valence-electron chi connectivity index (χ1n) is 7.83. The number of carboxylic acid groups (broad SMARTS) is 1. The molecule has 0 saturated heterocycles. The van der Waals surface area contributed by atoms with E-state index in [1.54, 1.807) is 6.92 Å². The first kappa shape index (κ1) is 20.7. The standard InChI is InChI=1S/C8H16O2.C8H18O/c1-3-4-5-6-7(2)8(9)10;1-3-4-5-6-8(2)7-9/h7H,3-6H2,1-2H3,(H,9,10);8-9H,3-7H2,1-2H3. The minimum absolute atomic E-state index is 0.161. The summed E-state index contributed by atoms with van der Waals surface area (Å²) in [5.41, 5.74) is 0. The molecule has 0 aliphatic heterocycles. The normalized spacial score (nSPS) is 13.3. The van der Waals surface area contributed by atoms with Crippen LogP contribution in [0.15, 0.2) is 0 Å². The van der Waals surface area contributed by atoms with E-state index < -0.39 is 5.97 Å². The number of hydrogen-bond donors (Lipinski definition) is 2. The van der Waals surface area contributed by atoms with Crippen molar-refractivity contribution in [1.82, 2.24) is 0 Å². The van der Waals surface area contributed by atoms with Gasteiger partial charge in [0.25, 0.3) is 0 Å². The quantitative estimate of drug-likeness (QED) is 0.577. The summed E-state index contributed by atoms with van der Waals surface area (Å²) in [6.45, 7) is 8.52. The van der Waals surface area contributed by atoms with Gasteiger partial charge in [0.1, 0.15) is 0 Å². The van der Waals surface area contributed by atoms with E-state index in [0.29, 0.717) is 12.5 Å². The molecule has 0 radical (unpaired) electrons. The fourth-order valence-corrected chi connectivity index (χ4v) is 1.66. The van der Waals surface area contributed by atoms with Gasteiger partial charge in [-0.05, 0) is 18.8 Å². The van der Waals surface area contributed by atoms with E-state index in [0.717, 1.165) is 25.7 Å². The van der Waals surface area contributed by atoms with Crippen LogP contribution in [0.25, 0.3) is 0 Å². The van der Waals surface area contributed by atoms with Gasteiger partial charge in [-0.25, -0.2) is 0 Å². The van der Waals surface area contributed by atoms with E-state index in [1.807, 2.05) is 0 Å². The number of aliphatic hydroxyl groups excluding tert-OH is 1. The molecule has 0 spiro atoms. The van der Waals surface area contributed by atoms with Crippen LogP contribution in [-0.2, 0) is 4.79 Å². The van der Waals surface area contributed by atoms with Crippen molar-refractivity contribution in [2.75, 3.05) is 6.61 Å². The number of carboxylic acids is 1. The van der Waals surface area contributed by atoms with Gasteiger partial charge in [0.05, 0.1) is 5.92 Å². The van der Waals surface area contributed by atoms with Gasteiger partial charge in [-0.1, -0.05) is 66.2 Å². The topological polar surface area (TPSA) is 57.5 Å². The molecule has 0 fully saturated rings. The molecule has 3 nitrogen and oxygen atoms in total. The van der Waals surface area contributed by atoms with Crippen LogP contribution in [0.3, 0.4) is 0 Å². The third-order valence-corrected chi connectivity index (χ3v) is 3.27. The van der Waals surface area contributed by atoms with Gasteiger partial charge in [0, 0.05) is 6.61 Å². The van der Waals surface area contributed by atoms with Crippen LogP contribution in [0.5, 0.6) is 0 Å². The molecule has 0 aliphatic carbocycles. The average Bonchev–Trinajstić information content (AvgIpc) is 2.39. The summed E-state index contributed by atoms with van der Waals surface area (Å²) < 4.78 is 0. The summed E-state index contributed by atoms with van der Waals surface area (Å²) in [6, 6.07) is 0. The zero-order chi connectivity index (χ0) is 15.1. The first-order chi connectivity index (χ1) is 8.99. The Morgan fingerprint density at radius 1 is 0.947 bits per heavy atom. The van der Waals surface area contributed by atoms with Gasteiger partial charge < -0.3 is 10.2 Å². The molecule has 0 bridgehead atoms. The van der Waals surface area contributed by atoms with Crippen molar-refractivity contribution in [2.45, 2.75) is 79.1 Å². The summed E-state index contributed by atoms with van der Waals surface area (Å²) in [7, 11) is 0. The van der Waals surface area contributed by atoms with Gasteiger partial charge in [-0.15, -0.1) is 0 Å². The van der Waals surface area contributed by atoms with E-state index in [9.17, 15) is 4.79 Å². The maximum absolute atomic E-state index is 10.3. The number of hydrogen-bond acceptors (Lipinski definition) is 2. The Morgan fingerprint density at radius 3 is 1.79 bits per heavy atom. The van der Waals surface area contributed by atoms with E-state index in [-0.39, 0.29) is 5.92 Å². The van der Waals surface area contributed by atoms with Crippen molar-refractivity contribution in [3.05, 3.63) is 0 Å². The van der Waals surface area contributed by atoms with E-state index in [1.165, 1.54) is 25.7 Å². The van der Waals surface area contributed by atoms with Crippen LogP contribution in [0.1, 0.15) is 79.1 Å². The third kappa shape index (κ3) is 17.4. The summed E-state index contributed by atoms with van der Waals surface area (Å²) in [5, 5.41) is 17.1. The molecule has 116 valence electrons. The van der Waals surface area contributed by atoms with Crippen molar-refractivity contribution >= 4 is 5.97 Å².